The molecule has 3 aromatic heterocycles. The van der Waals surface area contributed by atoms with E-state index in [-0.39, 0.29) is 29.4 Å². The second kappa shape index (κ2) is 9.59. The highest BCUT2D eigenvalue weighted by atomic mass is 32.2. The predicted molar refractivity (Wildman–Crippen MR) is 126 cm³/mol. The molecule has 0 unspecified atom stereocenters. The van der Waals surface area contributed by atoms with Crippen LogP contribution in [-0.2, 0) is 9.47 Å². The number of nitrogens with zero attached hydrogens (tertiary/aromatic N) is 3. The van der Waals surface area contributed by atoms with Crippen molar-refractivity contribution in [3.63, 3.8) is 0 Å². The lowest BCUT2D eigenvalue weighted by Gasteiger charge is -2.10. The van der Waals surface area contributed by atoms with Gasteiger partial charge in [0.15, 0.2) is 11.0 Å². The summed E-state index contributed by atoms with van der Waals surface area (Å²) in [5.74, 6) is -0.388. The van der Waals surface area contributed by atoms with E-state index in [0.717, 1.165) is 10.2 Å². The van der Waals surface area contributed by atoms with Crippen LogP contribution in [0.3, 0.4) is 0 Å². The first-order chi connectivity index (χ1) is 16.0. The summed E-state index contributed by atoms with van der Waals surface area (Å²) in [5.41, 5.74) is 1.60. The summed E-state index contributed by atoms with van der Waals surface area (Å²) in [7, 11) is 1.30. The Labute approximate surface area is 197 Å². The van der Waals surface area contributed by atoms with Crippen molar-refractivity contribution in [2.24, 2.45) is 0 Å². The van der Waals surface area contributed by atoms with Crippen LogP contribution in [0.5, 0.6) is 0 Å². The Morgan fingerprint density at radius 3 is 2.70 bits per heavy atom. The molecule has 33 heavy (non-hydrogen) atoms. The van der Waals surface area contributed by atoms with Crippen molar-refractivity contribution in [1.29, 1.82) is 0 Å². The number of methoxy groups -OCH3 is 1. The quantitative estimate of drug-likeness (QED) is 0.216. The lowest BCUT2D eigenvalue weighted by atomic mass is 10.1. The molecule has 11 heteroatoms. The summed E-state index contributed by atoms with van der Waals surface area (Å²) in [6.45, 7) is 3.57. The number of thiazole rings is 1. The summed E-state index contributed by atoms with van der Waals surface area (Å²) in [5, 5.41) is 4.08. The molecule has 0 radical (unpaired) electrons. The number of carbonyl (C=O) groups excluding carboxylic acids is 2. The first kappa shape index (κ1) is 22.7. The summed E-state index contributed by atoms with van der Waals surface area (Å²) in [4.78, 5) is 38.4. The van der Waals surface area contributed by atoms with Gasteiger partial charge in [0.05, 0.1) is 29.5 Å². The molecule has 1 aromatic carbocycles. The fourth-order valence-electron chi connectivity index (χ4n) is 3.19. The zero-order valence-corrected chi connectivity index (χ0v) is 19.9. The third kappa shape index (κ3) is 4.41. The minimum Gasteiger partial charge on any atom is -0.465 e. The Bertz CT molecular complexity index is 1320. The molecule has 0 aliphatic rings. The molecule has 0 saturated heterocycles. The highest BCUT2D eigenvalue weighted by Crippen LogP contribution is 2.42. The fraction of sp³-hybridized carbons (Fsp3) is 0.227. The third-order valence-corrected chi connectivity index (χ3v) is 6.27. The van der Waals surface area contributed by atoms with Gasteiger partial charge in [-0.1, -0.05) is 23.9 Å². The number of esters is 2. The second-order valence-electron chi connectivity index (χ2n) is 6.68. The van der Waals surface area contributed by atoms with E-state index in [0.29, 0.717) is 21.5 Å². The molecule has 0 saturated carbocycles. The van der Waals surface area contributed by atoms with Crippen molar-refractivity contribution in [1.82, 2.24) is 15.0 Å². The molecular formula is C22H20N4O5S2. The van der Waals surface area contributed by atoms with Crippen LogP contribution in [-0.4, -0.2) is 46.9 Å². The molecule has 0 fully saturated rings. The van der Waals surface area contributed by atoms with Crippen LogP contribution in [0, 0.1) is 6.92 Å². The molecule has 9 nitrogen and oxygen atoms in total. The molecule has 0 atom stereocenters. The molecular weight excluding hydrogens is 464 g/mol. The predicted octanol–water partition coefficient (Wildman–Crippen LogP) is 5.08. The number of nitrogens with one attached hydrogen (secondary N) is 1. The number of benzene rings is 1. The normalized spacial score (nSPS) is 10.9. The van der Waals surface area contributed by atoms with Gasteiger partial charge >= 0.3 is 11.9 Å². The maximum absolute atomic E-state index is 12.6. The summed E-state index contributed by atoms with van der Waals surface area (Å²) in [6, 6.07) is 7.65. The van der Waals surface area contributed by atoms with E-state index in [2.05, 4.69) is 20.3 Å². The number of rotatable bonds is 7. The number of hydrogen-bond acceptors (Lipinski definition) is 11. The van der Waals surface area contributed by atoms with Crippen molar-refractivity contribution in [3.05, 3.63) is 47.3 Å². The molecule has 0 spiro atoms. The lowest BCUT2D eigenvalue weighted by Crippen LogP contribution is -2.11. The van der Waals surface area contributed by atoms with Crippen LogP contribution in [0.2, 0.25) is 0 Å². The first-order valence-corrected chi connectivity index (χ1v) is 11.9. The van der Waals surface area contributed by atoms with Crippen molar-refractivity contribution < 1.29 is 23.5 Å². The molecule has 4 aromatic rings. The zero-order valence-electron chi connectivity index (χ0n) is 18.3. The van der Waals surface area contributed by atoms with Gasteiger partial charge in [0.2, 0.25) is 5.88 Å². The minimum atomic E-state index is -0.578. The summed E-state index contributed by atoms with van der Waals surface area (Å²) >= 11 is 2.73. The van der Waals surface area contributed by atoms with Gasteiger partial charge in [-0.05, 0) is 32.2 Å². The molecule has 0 aliphatic carbocycles. The number of thioether (sulfide) groups is 1. The number of aryl methyl sites for hydroxylation is 1. The fourth-order valence-corrected chi connectivity index (χ4v) is 4.54. The van der Waals surface area contributed by atoms with E-state index >= 15 is 0 Å². The number of hydrogen-bond donors (Lipinski definition) is 1. The van der Waals surface area contributed by atoms with Crippen molar-refractivity contribution >= 4 is 57.0 Å². The van der Waals surface area contributed by atoms with E-state index in [1.54, 1.807) is 13.8 Å². The third-order valence-electron chi connectivity index (χ3n) is 4.66. The minimum absolute atomic E-state index is 0.138. The molecule has 0 aliphatic heterocycles. The van der Waals surface area contributed by atoms with Gasteiger partial charge in [-0.2, -0.15) is 0 Å². The van der Waals surface area contributed by atoms with Crippen LogP contribution < -0.4 is 5.32 Å². The SMILES string of the molecule is CCOC(=O)c1cnc(SC)nc1Nc1oc(C)c(C(=O)OC)c1-c1nc2ccccc2s1. The maximum atomic E-state index is 12.6. The number of para-hydroxylation sites is 1. The van der Waals surface area contributed by atoms with Crippen LogP contribution in [0.25, 0.3) is 20.8 Å². The van der Waals surface area contributed by atoms with Crippen LogP contribution >= 0.6 is 23.1 Å². The number of aromatic nitrogens is 3. The van der Waals surface area contributed by atoms with Crippen LogP contribution in [0.15, 0.2) is 40.0 Å². The number of anilines is 2. The zero-order chi connectivity index (χ0) is 23.5. The standard InChI is InChI=1S/C22H20N4O5S2/c1-5-30-20(27)12-10-23-22(32-4)26-17(12)25-18-16(15(11(2)31-18)21(28)29-3)19-24-13-8-6-7-9-14(13)33-19/h6-10H,5H2,1-4H3,(H,23,25,26). The maximum Gasteiger partial charge on any atom is 0.343 e. The smallest absolute Gasteiger partial charge is 0.343 e. The highest BCUT2D eigenvalue weighted by Gasteiger charge is 2.29. The number of ether oxygens (including phenoxy) is 2. The van der Waals surface area contributed by atoms with Gasteiger partial charge in [-0.25, -0.2) is 24.5 Å². The van der Waals surface area contributed by atoms with Gasteiger partial charge in [0, 0.05) is 6.20 Å². The summed E-state index contributed by atoms with van der Waals surface area (Å²) in [6.07, 6.45) is 3.22. The van der Waals surface area contributed by atoms with E-state index in [1.807, 2.05) is 30.5 Å². The lowest BCUT2D eigenvalue weighted by molar-refractivity contribution is 0.0525. The second-order valence-corrected chi connectivity index (χ2v) is 8.48. The summed E-state index contributed by atoms with van der Waals surface area (Å²) < 4.78 is 17.0. The Balaban J connectivity index is 1.89. The molecule has 4 rings (SSSR count). The average molecular weight is 485 g/mol. The monoisotopic (exact) mass is 484 g/mol. The molecule has 170 valence electrons. The van der Waals surface area contributed by atoms with E-state index in [1.165, 1.54) is 36.4 Å². The van der Waals surface area contributed by atoms with Crippen molar-refractivity contribution in [3.8, 4) is 10.6 Å². The van der Waals surface area contributed by atoms with Crippen LogP contribution in [0.4, 0.5) is 11.7 Å². The molecule has 0 amide bonds. The van der Waals surface area contributed by atoms with Crippen molar-refractivity contribution in [2.45, 2.75) is 19.0 Å². The van der Waals surface area contributed by atoms with Gasteiger partial charge in [-0.3, -0.25) is 0 Å². The van der Waals surface area contributed by atoms with Gasteiger partial charge in [0.1, 0.15) is 21.9 Å². The van der Waals surface area contributed by atoms with E-state index in [9.17, 15) is 9.59 Å². The largest absolute Gasteiger partial charge is 0.465 e. The number of carbonyl (C=O) groups is 2. The molecule has 3 heterocycles. The number of fused-ring (bicyclic) bond motifs is 1. The van der Waals surface area contributed by atoms with Gasteiger partial charge < -0.3 is 19.2 Å². The van der Waals surface area contributed by atoms with Gasteiger partial charge in [-0.15, -0.1) is 11.3 Å². The topological polar surface area (TPSA) is 116 Å². The average Bonchev–Trinajstić information content (AvgIpc) is 3.38. The Kier molecular flexibility index (Phi) is 6.61. The Morgan fingerprint density at radius 1 is 1.21 bits per heavy atom. The molecule has 0 bridgehead atoms. The Morgan fingerprint density at radius 2 is 2.00 bits per heavy atom. The molecule has 1 N–H and O–H groups in total. The van der Waals surface area contributed by atoms with E-state index < -0.39 is 11.9 Å². The van der Waals surface area contributed by atoms with Crippen molar-refractivity contribution in [2.75, 3.05) is 25.3 Å². The number of furan rings is 1. The highest BCUT2D eigenvalue weighted by molar-refractivity contribution is 7.98. The first-order valence-electron chi connectivity index (χ1n) is 9.89. The Hall–Kier alpha value is -3.44. The van der Waals surface area contributed by atoms with E-state index in [4.69, 9.17) is 13.9 Å². The van der Waals surface area contributed by atoms with Crippen LogP contribution in [0.1, 0.15) is 33.4 Å². The van der Waals surface area contributed by atoms with Gasteiger partial charge in [0.25, 0.3) is 0 Å².